The quantitative estimate of drug-likeness (QED) is 0.709. The number of H-pyrrole nitrogens is 1. The Morgan fingerprint density at radius 2 is 1.70 bits per heavy atom. The first kappa shape index (κ1) is 18.3. The third-order valence-corrected chi connectivity index (χ3v) is 7.98. The lowest BCUT2D eigenvalue weighted by molar-refractivity contribution is 0.0305. The molecule has 4 heterocycles. The third-order valence-electron chi connectivity index (χ3n) is 7.98. The monoisotopic (exact) mass is 402 g/mol. The third kappa shape index (κ3) is 3.27. The summed E-state index contributed by atoms with van der Waals surface area (Å²) < 4.78 is 0. The number of aromatic nitrogens is 4. The molecule has 3 fully saturated rings. The standard InChI is InChI=1S/C24H30N6/c1-2-20(3-1)29-12-8-24(9-13-29)10-14-30(15-11-24)23-7-6-21(27-28-23)18-4-5-22-19(16-18)17-25-26-22/h4-7,16-17,20H,1-3,8-15H2,(H,25,26). The number of nitrogens with one attached hydrogen (secondary N) is 1. The molecule has 3 aromatic rings. The Morgan fingerprint density at radius 1 is 0.900 bits per heavy atom. The predicted molar refractivity (Wildman–Crippen MR) is 119 cm³/mol. The minimum absolute atomic E-state index is 0.574. The van der Waals surface area contributed by atoms with Crippen LogP contribution in [0.4, 0.5) is 5.82 Å². The van der Waals surface area contributed by atoms with Crippen LogP contribution in [0, 0.1) is 5.41 Å². The van der Waals surface area contributed by atoms with E-state index in [0.29, 0.717) is 5.41 Å². The Kier molecular flexibility index (Phi) is 4.48. The molecule has 30 heavy (non-hydrogen) atoms. The second-order valence-electron chi connectivity index (χ2n) is 9.56. The van der Waals surface area contributed by atoms with Crippen LogP contribution in [-0.4, -0.2) is 57.5 Å². The summed E-state index contributed by atoms with van der Waals surface area (Å²) in [6, 6.07) is 11.4. The van der Waals surface area contributed by atoms with Crippen molar-refractivity contribution >= 4 is 16.7 Å². The van der Waals surface area contributed by atoms with Gasteiger partial charge in [0.15, 0.2) is 5.82 Å². The fourth-order valence-electron chi connectivity index (χ4n) is 5.58. The molecule has 0 unspecified atom stereocenters. The first-order valence-corrected chi connectivity index (χ1v) is 11.5. The number of nitrogens with zero attached hydrogens (tertiary/aromatic N) is 5. The Balaban J connectivity index is 1.09. The summed E-state index contributed by atoms with van der Waals surface area (Å²) in [6.45, 7) is 4.86. The van der Waals surface area contributed by atoms with Crippen LogP contribution in [0.15, 0.2) is 36.5 Å². The normalized spacial score (nSPS) is 22.5. The second kappa shape index (κ2) is 7.34. The van der Waals surface area contributed by atoms with Gasteiger partial charge in [0.1, 0.15) is 0 Å². The minimum Gasteiger partial charge on any atom is -0.355 e. The van der Waals surface area contributed by atoms with Gasteiger partial charge in [-0.25, -0.2) is 0 Å². The Labute approximate surface area is 177 Å². The molecule has 2 aliphatic heterocycles. The lowest BCUT2D eigenvalue weighted by Gasteiger charge is -2.50. The van der Waals surface area contributed by atoms with Crippen LogP contribution in [-0.2, 0) is 0 Å². The van der Waals surface area contributed by atoms with Crippen molar-refractivity contribution in [3.63, 3.8) is 0 Å². The van der Waals surface area contributed by atoms with E-state index in [9.17, 15) is 0 Å². The minimum atomic E-state index is 0.574. The molecule has 3 aliphatic rings. The van der Waals surface area contributed by atoms with Gasteiger partial charge in [-0.2, -0.15) is 5.10 Å². The molecule has 2 aromatic heterocycles. The summed E-state index contributed by atoms with van der Waals surface area (Å²) in [6.07, 6.45) is 11.5. The average Bonchev–Trinajstić information content (AvgIpc) is 3.23. The number of benzene rings is 1. The zero-order chi connectivity index (χ0) is 20.0. The van der Waals surface area contributed by atoms with Crippen molar-refractivity contribution in [2.75, 3.05) is 31.1 Å². The van der Waals surface area contributed by atoms with Gasteiger partial charge in [-0.15, -0.1) is 10.2 Å². The summed E-state index contributed by atoms with van der Waals surface area (Å²) >= 11 is 0. The van der Waals surface area contributed by atoms with E-state index < -0.39 is 0 Å². The van der Waals surface area contributed by atoms with E-state index in [4.69, 9.17) is 0 Å². The number of aromatic amines is 1. The van der Waals surface area contributed by atoms with Crippen LogP contribution >= 0.6 is 0 Å². The molecule has 6 rings (SSSR count). The molecular formula is C24H30N6. The van der Waals surface area contributed by atoms with E-state index in [1.807, 2.05) is 12.3 Å². The van der Waals surface area contributed by atoms with Crippen molar-refractivity contribution in [2.24, 2.45) is 5.41 Å². The molecule has 1 aromatic carbocycles. The van der Waals surface area contributed by atoms with Gasteiger partial charge in [-0.1, -0.05) is 12.5 Å². The summed E-state index contributed by atoms with van der Waals surface area (Å²) in [5.74, 6) is 1.02. The first-order valence-electron chi connectivity index (χ1n) is 11.5. The lowest BCUT2D eigenvalue weighted by Crippen LogP contribution is -2.51. The summed E-state index contributed by atoms with van der Waals surface area (Å²) in [7, 11) is 0. The van der Waals surface area contributed by atoms with Crippen LogP contribution in [0.1, 0.15) is 44.9 Å². The van der Waals surface area contributed by atoms with Crippen LogP contribution in [0.2, 0.25) is 0 Å². The molecule has 0 radical (unpaired) electrons. The molecule has 0 atom stereocenters. The Bertz CT molecular complexity index is 1000. The topological polar surface area (TPSA) is 60.9 Å². The van der Waals surface area contributed by atoms with Crippen molar-refractivity contribution in [3.05, 3.63) is 36.5 Å². The largest absolute Gasteiger partial charge is 0.355 e. The predicted octanol–water partition coefficient (Wildman–Crippen LogP) is 4.25. The molecule has 6 heteroatoms. The summed E-state index contributed by atoms with van der Waals surface area (Å²) in [5.41, 5.74) is 3.62. The van der Waals surface area contributed by atoms with Crippen molar-refractivity contribution in [1.29, 1.82) is 0 Å². The van der Waals surface area contributed by atoms with Gasteiger partial charge in [0.25, 0.3) is 0 Å². The van der Waals surface area contributed by atoms with Gasteiger partial charge in [0, 0.05) is 30.1 Å². The number of likely N-dealkylation sites (tertiary alicyclic amines) is 1. The van der Waals surface area contributed by atoms with E-state index in [2.05, 4.69) is 54.5 Å². The van der Waals surface area contributed by atoms with E-state index in [1.54, 1.807) is 0 Å². The zero-order valence-electron chi connectivity index (χ0n) is 17.6. The van der Waals surface area contributed by atoms with Gasteiger partial charge >= 0.3 is 0 Å². The molecule has 2 saturated heterocycles. The van der Waals surface area contributed by atoms with Gasteiger partial charge < -0.3 is 9.80 Å². The molecule has 156 valence electrons. The van der Waals surface area contributed by atoms with Gasteiger partial charge in [-0.05, 0) is 81.3 Å². The molecule has 1 aliphatic carbocycles. The van der Waals surface area contributed by atoms with Crippen molar-refractivity contribution in [3.8, 4) is 11.3 Å². The van der Waals surface area contributed by atoms with E-state index in [1.165, 1.54) is 58.0 Å². The SMILES string of the molecule is c1cc2[nH]ncc2cc1-c1ccc(N2CCC3(CC2)CCN(C2CCC2)CC3)nn1. The molecule has 1 N–H and O–H groups in total. The van der Waals surface area contributed by atoms with Gasteiger partial charge in [0.2, 0.25) is 0 Å². The summed E-state index contributed by atoms with van der Waals surface area (Å²) in [4.78, 5) is 5.20. The highest BCUT2D eigenvalue weighted by atomic mass is 15.3. The van der Waals surface area contributed by atoms with Crippen molar-refractivity contribution in [1.82, 2.24) is 25.3 Å². The second-order valence-corrected chi connectivity index (χ2v) is 9.56. The zero-order valence-corrected chi connectivity index (χ0v) is 17.6. The van der Waals surface area contributed by atoms with E-state index in [-0.39, 0.29) is 0 Å². The molecule has 1 spiro atoms. The fraction of sp³-hybridized carbons (Fsp3) is 0.542. The van der Waals surface area contributed by atoms with Crippen molar-refractivity contribution in [2.45, 2.75) is 51.0 Å². The van der Waals surface area contributed by atoms with Gasteiger partial charge in [-0.3, -0.25) is 5.10 Å². The lowest BCUT2D eigenvalue weighted by atomic mass is 9.70. The number of fused-ring (bicyclic) bond motifs is 1. The molecule has 6 nitrogen and oxygen atoms in total. The maximum absolute atomic E-state index is 4.58. The van der Waals surface area contributed by atoms with Crippen molar-refractivity contribution < 1.29 is 0 Å². The van der Waals surface area contributed by atoms with Gasteiger partial charge in [0.05, 0.1) is 17.4 Å². The number of hydrogen-bond acceptors (Lipinski definition) is 5. The van der Waals surface area contributed by atoms with Crippen LogP contribution in [0.25, 0.3) is 22.2 Å². The Hall–Kier alpha value is -2.47. The van der Waals surface area contributed by atoms with Crippen LogP contribution in [0.3, 0.4) is 0 Å². The number of piperidine rings is 2. The highest BCUT2D eigenvalue weighted by Crippen LogP contribution is 2.43. The highest BCUT2D eigenvalue weighted by Gasteiger charge is 2.39. The Morgan fingerprint density at radius 3 is 2.40 bits per heavy atom. The van der Waals surface area contributed by atoms with E-state index >= 15 is 0 Å². The van der Waals surface area contributed by atoms with Crippen LogP contribution in [0.5, 0.6) is 0 Å². The number of anilines is 1. The van der Waals surface area contributed by atoms with Crippen LogP contribution < -0.4 is 4.90 Å². The number of rotatable bonds is 3. The molecule has 1 saturated carbocycles. The maximum atomic E-state index is 4.58. The smallest absolute Gasteiger partial charge is 0.151 e. The molecular weight excluding hydrogens is 372 g/mol. The van der Waals surface area contributed by atoms with E-state index in [0.717, 1.165) is 47.1 Å². The summed E-state index contributed by atoms with van der Waals surface area (Å²) in [5, 5.41) is 17.3. The average molecular weight is 403 g/mol. The first-order chi connectivity index (χ1) is 14.8. The maximum Gasteiger partial charge on any atom is 0.151 e. The number of hydrogen-bond donors (Lipinski definition) is 1. The molecule has 0 bridgehead atoms. The fourth-order valence-corrected chi connectivity index (χ4v) is 5.58. The highest BCUT2D eigenvalue weighted by molar-refractivity contribution is 5.83. The molecule has 0 amide bonds.